The number of aromatic amines is 1. The summed E-state index contributed by atoms with van der Waals surface area (Å²) < 4.78 is 25.0. The lowest BCUT2D eigenvalue weighted by Gasteiger charge is -2.30. The lowest BCUT2D eigenvalue weighted by Crippen LogP contribution is -2.46. The molecule has 0 aromatic carbocycles. The van der Waals surface area contributed by atoms with E-state index in [2.05, 4.69) is 15.0 Å². The molecule has 130 valence electrons. The maximum atomic E-state index is 12.0. The van der Waals surface area contributed by atoms with Crippen LogP contribution in [0.15, 0.2) is 11.1 Å². The fourth-order valence-corrected chi connectivity index (χ4v) is 3.52. The lowest BCUT2D eigenvalue weighted by molar-refractivity contribution is -0.190. The molecule has 4 atom stereocenters. The van der Waals surface area contributed by atoms with Gasteiger partial charge in [-0.25, -0.2) is 4.98 Å². The molecular formula is C14H19N5O5. The number of H-pyrrole nitrogens is 1. The van der Waals surface area contributed by atoms with Gasteiger partial charge in [0.05, 0.1) is 19.5 Å². The van der Waals surface area contributed by atoms with Crippen LogP contribution in [0.3, 0.4) is 0 Å². The van der Waals surface area contributed by atoms with Crippen LogP contribution in [-0.2, 0) is 18.9 Å². The van der Waals surface area contributed by atoms with Gasteiger partial charge in [-0.05, 0) is 6.92 Å². The molecule has 0 aliphatic carbocycles. The van der Waals surface area contributed by atoms with Crippen molar-refractivity contribution in [3.05, 3.63) is 16.7 Å². The van der Waals surface area contributed by atoms with Crippen molar-refractivity contribution >= 4 is 17.1 Å². The molecule has 2 aromatic rings. The van der Waals surface area contributed by atoms with E-state index in [0.29, 0.717) is 25.5 Å². The smallest absolute Gasteiger partial charge is 0.280 e. The molecule has 2 aliphatic heterocycles. The Morgan fingerprint density at radius 1 is 1.58 bits per heavy atom. The van der Waals surface area contributed by atoms with Gasteiger partial charge in [0, 0.05) is 13.7 Å². The minimum Gasteiger partial charge on any atom is -0.381 e. The van der Waals surface area contributed by atoms with Gasteiger partial charge in [0.25, 0.3) is 5.56 Å². The van der Waals surface area contributed by atoms with Crippen LogP contribution >= 0.6 is 0 Å². The van der Waals surface area contributed by atoms with Crippen molar-refractivity contribution in [3.8, 4) is 0 Å². The van der Waals surface area contributed by atoms with Gasteiger partial charge in [-0.1, -0.05) is 0 Å². The van der Waals surface area contributed by atoms with E-state index in [1.165, 1.54) is 6.33 Å². The standard InChI is InChI=1S/C14H19N5O5/c1-3-22-9-8-12(24-14(9,4-21-2)5-23-8)19-6-16-7-10(19)17-13(15)18-11(7)20/h6,8-9,12H,3-5H2,1-2H3,(H3,15,17,18,20)/t8?,9?,12-,14+/m1/s1. The average molecular weight is 337 g/mol. The van der Waals surface area contributed by atoms with Crippen LogP contribution in [0.2, 0.25) is 0 Å². The van der Waals surface area contributed by atoms with Gasteiger partial charge < -0.3 is 24.7 Å². The summed E-state index contributed by atoms with van der Waals surface area (Å²) in [5, 5.41) is 0. The second-order valence-electron chi connectivity index (χ2n) is 5.93. The molecule has 0 amide bonds. The summed E-state index contributed by atoms with van der Waals surface area (Å²) in [5.74, 6) is 0.0197. The quantitative estimate of drug-likeness (QED) is 0.742. The van der Waals surface area contributed by atoms with E-state index in [-0.39, 0.29) is 23.7 Å². The van der Waals surface area contributed by atoms with Crippen molar-refractivity contribution in [2.75, 3.05) is 32.7 Å². The molecule has 10 heteroatoms. The highest BCUT2D eigenvalue weighted by molar-refractivity contribution is 5.70. The fraction of sp³-hybridized carbons (Fsp3) is 0.643. The van der Waals surface area contributed by atoms with E-state index in [4.69, 9.17) is 24.7 Å². The van der Waals surface area contributed by atoms with Gasteiger partial charge in [0.2, 0.25) is 5.95 Å². The maximum absolute atomic E-state index is 12.0. The second kappa shape index (κ2) is 5.52. The molecule has 4 heterocycles. The summed E-state index contributed by atoms with van der Waals surface area (Å²) in [6.45, 7) is 3.17. The first-order chi connectivity index (χ1) is 11.6. The van der Waals surface area contributed by atoms with E-state index in [1.54, 1.807) is 11.7 Å². The number of rotatable bonds is 5. The first-order valence-corrected chi connectivity index (χ1v) is 7.72. The predicted octanol–water partition coefficient (Wildman–Crippen LogP) is -0.580. The van der Waals surface area contributed by atoms with Crippen molar-refractivity contribution in [2.24, 2.45) is 0 Å². The summed E-state index contributed by atoms with van der Waals surface area (Å²) in [4.78, 5) is 22.7. The number of fused-ring (bicyclic) bond motifs is 3. The molecule has 2 fully saturated rings. The lowest BCUT2D eigenvalue weighted by atomic mass is 10.00. The molecule has 4 rings (SSSR count). The van der Waals surface area contributed by atoms with E-state index in [1.807, 2.05) is 6.92 Å². The van der Waals surface area contributed by atoms with Crippen LogP contribution in [0, 0.1) is 0 Å². The zero-order chi connectivity index (χ0) is 16.9. The molecule has 2 aromatic heterocycles. The number of hydrogen-bond acceptors (Lipinski definition) is 8. The van der Waals surface area contributed by atoms with Crippen molar-refractivity contribution in [1.82, 2.24) is 19.5 Å². The molecule has 2 aliphatic rings. The van der Waals surface area contributed by atoms with Gasteiger partial charge in [0.1, 0.15) is 17.8 Å². The van der Waals surface area contributed by atoms with Gasteiger partial charge in [-0.2, -0.15) is 4.98 Å². The number of hydrogen-bond donors (Lipinski definition) is 2. The van der Waals surface area contributed by atoms with E-state index in [9.17, 15) is 4.79 Å². The van der Waals surface area contributed by atoms with Gasteiger partial charge >= 0.3 is 0 Å². The molecule has 2 unspecified atom stereocenters. The van der Waals surface area contributed by atoms with E-state index < -0.39 is 17.4 Å². The molecule has 0 saturated carbocycles. The highest BCUT2D eigenvalue weighted by Crippen LogP contribution is 2.47. The van der Waals surface area contributed by atoms with E-state index >= 15 is 0 Å². The van der Waals surface area contributed by atoms with Crippen LogP contribution in [0.4, 0.5) is 5.95 Å². The zero-order valence-corrected chi connectivity index (χ0v) is 13.4. The van der Waals surface area contributed by atoms with Crippen molar-refractivity contribution in [3.63, 3.8) is 0 Å². The molecule has 2 bridgehead atoms. The number of nitrogens with one attached hydrogen (secondary N) is 1. The summed E-state index contributed by atoms with van der Waals surface area (Å²) in [7, 11) is 1.61. The Labute approximate surface area is 136 Å². The zero-order valence-electron chi connectivity index (χ0n) is 13.4. The van der Waals surface area contributed by atoms with Gasteiger partial charge in [0.15, 0.2) is 17.4 Å². The second-order valence-corrected chi connectivity index (χ2v) is 5.93. The Kier molecular flexibility index (Phi) is 3.57. The minimum atomic E-state index is -0.691. The molecular weight excluding hydrogens is 318 g/mol. The number of nitrogens with two attached hydrogens (primary N) is 1. The number of imidazole rings is 1. The molecule has 3 N–H and O–H groups in total. The Morgan fingerprint density at radius 2 is 2.42 bits per heavy atom. The number of ether oxygens (including phenoxy) is 4. The third-order valence-electron chi connectivity index (χ3n) is 4.43. The molecule has 24 heavy (non-hydrogen) atoms. The predicted molar refractivity (Wildman–Crippen MR) is 82.4 cm³/mol. The van der Waals surface area contributed by atoms with Crippen LogP contribution < -0.4 is 11.3 Å². The maximum Gasteiger partial charge on any atom is 0.280 e. The molecule has 2 saturated heterocycles. The van der Waals surface area contributed by atoms with Crippen LogP contribution in [0.25, 0.3) is 11.2 Å². The highest BCUT2D eigenvalue weighted by atomic mass is 16.7. The Morgan fingerprint density at radius 3 is 3.17 bits per heavy atom. The fourth-order valence-electron chi connectivity index (χ4n) is 3.52. The molecule has 0 radical (unpaired) electrons. The average Bonchev–Trinajstić information content (AvgIpc) is 3.18. The minimum absolute atomic E-state index is 0.0197. The van der Waals surface area contributed by atoms with Gasteiger partial charge in [-0.15, -0.1) is 0 Å². The number of anilines is 1. The van der Waals surface area contributed by atoms with Crippen molar-refractivity contribution in [1.29, 1.82) is 0 Å². The summed E-state index contributed by atoms with van der Waals surface area (Å²) in [5.41, 5.74) is 5.11. The number of nitrogens with zero attached hydrogens (tertiary/aromatic N) is 3. The first-order valence-electron chi connectivity index (χ1n) is 7.72. The molecule has 0 spiro atoms. The number of aromatic nitrogens is 4. The van der Waals surface area contributed by atoms with Crippen LogP contribution in [0.5, 0.6) is 0 Å². The Hall–Kier alpha value is -2.01. The third kappa shape index (κ3) is 2.07. The number of nitrogen functional groups attached to an aromatic ring is 1. The monoisotopic (exact) mass is 337 g/mol. The van der Waals surface area contributed by atoms with Crippen LogP contribution in [-0.4, -0.2) is 64.3 Å². The Balaban J connectivity index is 1.77. The number of methoxy groups -OCH3 is 1. The van der Waals surface area contributed by atoms with Crippen molar-refractivity contribution < 1.29 is 18.9 Å². The first kappa shape index (κ1) is 15.5. The summed E-state index contributed by atoms with van der Waals surface area (Å²) in [6.07, 6.45) is 0.359. The largest absolute Gasteiger partial charge is 0.381 e. The van der Waals surface area contributed by atoms with Crippen molar-refractivity contribution in [2.45, 2.75) is 31.0 Å². The summed E-state index contributed by atoms with van der Waals surface area (Å²) in [6, 6.07) is 0. The van der Waals surface area contributed by atoms with Gasteiger partial charge in [-0.3, -0.25) is 14.3 Å². The summed E-state index contributed by atoms with van der Waals surface area (Å²) >= 11 is 0. The normalized spacial score (nSPS) is 32.0. The highest BCUT2D eigenvalue weighted by Gasteiger charge is 2.63. The topological polar surface area (TPSA) is 127 Å². The third-order valence-corrected chi connectivity index (χ3v) is 4.43. The van der Waals surface area contributed by atoms with Crippen LogP contribution in [0.1, 0.15) is 13.2 Å². The SMILES string of the molecule is CCOC1C2OC[C@]1(COC)O[C@H]2n1cnc2c(=O)[nH]c(N)nc21. The van der Waals surface area contributed by atoms with E-state index in [0.717, 1.165) is 0 Å². The Bertz CT molecular complexity index is 819. The molecule has 10 nitrogen and oxygen atoms in total.